The minimum absolute atomic E-state index is 0.184. The van der Waals surface area contributed by atoms with Crippen molar-refractivity contribution in [3.05, 3.63) is 34.1 Å². The first-order valence-electron chi connectivity index (χ1n) is 4.96. The van der Waals surface area contributed by atoms with E-state index in [1.165, 1.54) is 30.5 Å². The van der Waals surface area contributed by atoms with E-state index in [1.54, 1.807) is 0 Å². The van der Waals surface area contributed by atoms with Gasteiger partial charge in [0.15, 0.2) is 0 Å². The summed E-state index contributed by atoms with van der Waals surface area (Å²) in [4.78, 5) is 0. The van der Waals surface area contributed by atoms with Crippen molar-refractivity contribution in [1.82, 2.24) is 5.32 Å². The van der Waals surface area contributed by atoms with Gasteiger partial charge in [-0.25, -0.2) is 4.39 Å². The van der Waals surface area contributed by atoms with Gasteiger partial charge in [-0.05, 0) is 37.1 Å². The number of nitrogens with one attached hydrogen (secondary N) is 1. The lowest BCUT2D eigenvalue weighted by Gasteiger charge is -2.24. The van der Waals surface area contributed by atoms with E-state index in [-0.39, 0.29) is 5.82 Å². The van der Waals surface area contributed by atoms with Gasteiger partial charge in [-0.1, -0.05) is 28.4 Å². The zero-order valence-corrected chi connectivity index (χ0v) is 9.48. The number of rotatable bonds is 1. The fourth-order valence-corrected chi connectivity index (χ4v) is 2.53. The summed E-state index contributed by atoms with van der Waals surface area (Å²) in [6.45, 7) is 1.06. The molecule has 1 N–H and O–H groups in total. The molecule has 2 rings (SSSR count). The van der Waals surface area contributed by atoms with E-state index in [1.807, 2.05) is 6.07 Å². The molecule has 1 aliphatic heterocycles. The SMILES string of the molecule is Fc1ccc([C@@H]2CCCCN2)c(Br)c1. The van der Waals surface area contributed by atoms with E-state index >= 15 is 0 Å². The molecule has 0 unspecified atom stereocenters. The largest absolute Gasteiger partial charge is 0.310 e. The molecule has 1 fully saturated rings. The van der Waals surface area contributed by atoms with Crippen molar-refractivity contribution >= 4 is 15.9 Å². The Hall–Kier alpha value is -0.410. The van der Waals surface area contributed by atoms with Crippen LogP contribution in [0.5, 0.6) is 0 Å². The lowest BCUT2D eigenvalue weighted by Crippen LogP contribution is -2.27. The maximum Gasteiger partial charge on any atom is 0.124 e. The summed E-state index contributed by atoms with van der Waals surface area (Å²) in [7, 11) is 0. The van der Waals surface area contributed by atoms with Crippen molar-refractivity contribution in [1.29, 1.82) is 0 Å². The zero-order valence-electron chi connectivity index (χ0n) is 7.89. The first kappa shape index (κ1) is 10.1. The predicted molar refractivity (Wildman–Crippen MR) is 58.7 cm³/mol. The van der Waals surface area contributed by atoms with Crippen LogP contribution in [0.25, 0.3) is 0 Å². The van der Waals surface area contributed by atoms with Crippen LogP contribution in [-0.4, -0.2) is 6.54 Å². The van der Waals surface area contributed by atoms with Crippen molar-refractivity contribution in [2.75, 3.05) is 6.54 Å². The average Bonchev–Trinajstić information content (AvgIpc) is 2.19. The molecule has 0 spiro atoms. The Morgan fingerprint density at radius 3 is 2.86 bits per heavy atom. The summed E-state index contributed by atoms with van der Waals surface area (Å²) in [6.07, 6.45) is 3.64. The van der Waals surface area contributed by atoms with Crippen LogP contribution in [0.3, 0.4) is 0 Å². The third-order valence-electron chi connectivity index (χ3n) is 2.65. The molecule has 1 aromatic rings. The van der Waals surface area contributed by atoms with Crippen LogP contribution in [0.2, 0.25) is 0 Å². The summed E-state index contributed by atoms with van der Waals surface area (Å²) in [5, 5.41) is 3.44. The maximum atomic E-state index is 12.9. The molecule has 3 heteroatoms. The van der Waals surface area contributed by atoms with Crippen LogP contribution >= 0.6 is 15.9 Å². The highest BCUT2D eigenvalue weighted by Crippen LogP contribution is 2.29. The first-order chi connectivity index (χ1) is 6.77. The molecule has 0 radical (unpaired) electrons. The second-order valence-corrected chi connectivity index (χ2v) is 4.52. The lowest BCUT2D eigenvalue weighted by atomic mass is 9.98. The maximum absolute atomic E-state index is 12.9. The molecule has 76 valence electrons. The van der Waals surface area contributed by atoms with Crippen LogP contribution in [0.4, 0.5) is 4.39 Å². The molecule has 0 bridgehead atoms. The normalized spacial score (nSPS) is 22.3. The molecule has 1 aromatic carbocycles. The van der Waals surface area contributed by atoms with Crippen molar-refractivity contribution < 1.29 is 4.39 Å². The minimum atomic E-state index is -0.184. The van der Waals surface area contributed by atoms with Gasteiger partial charge in [-0.15, -0.1) is 0 Å². The van der Waals surface area contributed by atoms with Crippen molar-refractivity contribution in [3.63, 3.8) is 0 Å². The molecule has 1 nitrogen and oxygen atoms in total. The molecular formula is C11H13BrFN. The van der Waals surface area contributed by atoms with Crippen molar-refractivity contribution in [3.8, 4) is 0 Å². The van der Waals surface area contributed by atoms with E-state index in [2.05, 4.69) is 21.2 Å². The zero-order chi connectivity index (χ0) is 9.97. The Morgan fingerprint density at radius 2 is 2.21 bits per heavy atom. The lowest BCUT2D eigenvalue weighted by molar-refractivity contribution is 0.411. The van der Waals surface area contributed by atoms with Crippen LogP contribution in [0, 0.1) is 5.82 Å². The third-order valence-corrected chi connectivity index (χ3v) is 3.33. The molecule has 1 aliphatic rings. The van der Waals surface area contributed by atoms with E-state index in [9.17, 15) is 4.39 Å². The fourth-order valence-electron chi connectivity index (χ4n) is 1.90. The molecular weight excluding hydrogens is 245 g/mol. The monoisotopic (exact) mass is 257 g/mol. The number of hydrogen-bond donors (Lipinski definition) is 1. The Labute approximate surface area is 91.8 Å². The summed E-state index contributed by atoms with van der Waals surface area (Å²) in [5.41, 5.74) is 1.17. The number of hydrogen-bond acceptors (Lipinski definition) is 1. The summed E-state index contributed by atoms with van der Waals surface area (Å²) in [5.74, 6) is -0.184. The van der Waals surface area contributed by atoms with Gasteiger partial charge < -0.3 is 5.32 Å². The molecule has 0 saturated carbocycles. The predicted octanol–water partition coefficient (Wildman–Crippen LogP) is 3.40. The quantitative estimate of drug-likeness (QED) is 0.814. The second-order valence-electron chi connectivity index (χ2n) is 3.67. The van der Waals surface area contributed by atoms with Crippen molar-refractivity contribution in [2.24, 2.45) is 0 Å². The molecule has 1 saturated heterocycles. The van der Waals surface area contributed by atoms with E-state index in [0.717, 1.165) is 17.4 Å². The van der Waals surface area contributed by atoms with Crippen LogP contribution in [0.1, 0.15) is 30.9 Å². The minimum Gasteiger partial charge on any atom is -0.310 e. The van der Waals surface area contributed by atoms with E-state index in [0.29, 0.717) is 6.04 Å². The van der Waals surface area contributed by atoms with Crippen LogP contribution in [-0.2, 0) is 0 Å². The Bertz CT molecular complexity index is 321. The topological polar surface area (TPSA) is 12.0 Å². The fraction of sp³-hybridized carbons (Fsp3) is 0.455. The summed E-state index contributed by atoms with van der Waals surface area (Å²) < 4.78 is 13.7. The van der Waals surface area contributed by atoms with Gasteiger partial charge in [-0.3, -0.25) is 0 Å². The van der Waals surface area contributed by atoms with Gasteiger partial charge in [0.05, 0.1) is 0 Å². The van der Waals surface area contributed by atoms with Gasteiger partial charge in [0, 0.05) is 10.5 Å². The van der Waals surface area contributed by atoms with Gasteiger partial charge in [0.2, 0.25) is 0 Å². The number of piperidine rings is 1. The van der Waals surface area contributed by atoms with Crippen molar-refractivity contribution in [2.45, 2.75) is 25.3 Å². The van der Waals surface area contributed by atoms with Gasteiger partial charge in [-0.2, -0.15) is 0 Å². The van der Waals surface area contributed by atoms with Crippen LogP contribution in [0.15, 0.2) is 22.7 Å². The van der Waals surface area contributed by atoms with Gasteiger partial charge in [0.25, 0.3) is 0 Å². The molecule has 0 aliphatic carbocycles. The Morgan fingerprint density at radius 1 is 1.36 bits per heavy atom. The van der Waals surface area contributed by atoms with Gasteiger partial charge in [0.1, 0.15) is 5.82 Å². The Balaban J connectivity index is 2.22. The Kier molecular flexibility index (Phi) is 3.19. The highest BCUT2D eigenvalue weighted by atomic mass is 79.9. The van der Waals surface area contributed by atoms with E-state index in [4.69, 9.17) is 0 Å². The molecule has 14 heavy (non-hydrogen) atoms. The van der Waals surface area contributed by atoms with E-state index < -0.39 is 0 Å². The average molecular weight is 258 g/mol. The molecule has 0 aromatic heterocycles. The smallest absolute Gasteiger partial charge is 0.124 e. The molecule has 0 amide bonds. The second kappa shape index (κ2) is 4.41. The third kappa shape index (κ3) is 2.15. The summed E-state index contributed by atoms with van der Waals surface area (Å²) >= 11 is 3.40. The molecule has 1 atom stereocenters. The highest BCUT2D eigenvalue weighted by molar-refractivity contribution is 9.10. The first-order valence-corrected chi connectivity index (χ1v) is 5.75. The molecule has 1 heterocycles. The number of benzene rings is 1. The van der Waals surface area contributed by atoms with Crippen LogP contribution < -0.4 is 5.32 Å². The highest BCUT2D eigenvalue weighted by Gasteiger charge is 2.16. The standard InChI is InChI=1S/C11H13BrFN/c12-10-7-8(13)4-5-9(10)11-3-1-2-6-14-11/h4-5,7,11,14H,1-3,6H2/t11-/m0/s1. The summed E-state index contributed by atoms with van der Waals surface area (Å²) in [6, 6.07) is 5.31. The van der Waals surface area contributed by atoms with Gasteiger partial charge >= 0.3 is 0 Å². The number of halogens is 2.